The number of nitrogens with one attached hydrogen (secondary N) is 3. The normalized spacial score (nSPS) is 10.1. The Labute approximate surface area is 113 Å². The van der Waals surface area contributed by atoms with Crippen molar-refractivity contribution in [2.24, 2.45) is 5.92 Å². The van der Waals surface area contributed by atoms with Crippen LogP contribution in [0, 0.1) is 5.92 Å². The number of amides is 3. The third kappa shape index (κ3) is 7.08. The van der Waals surface area contributed by atoms with Crippen LogP contribution in [0.2, 0.25) is 0 Å². The number of rotatable bonds is 6. The number of carbonyl (C=O) groups excluding carboxylic acids is 2. The highest BCUT2D eigenvalue weighted by atomic mass is 16.2. The van der Waals surface area contributed by atoms with Gasteiger partial charge in [-0.2, -0.15) is 0 Å². The molecule has 104 valence electrons. The summed E-state index contributed by atoms with van der Waals surface area (Å²) < 4.78 is 0. The maximum atomic E-state index is 11.5. The lowest BCUT2D eigenvalue weighted by Crippen LogP contribution is -2.42. The topological polar surface area (TPSA) is 70.2 Å². The Balaban J connectivity index is 2.16. The summed E-state index contributed by atoms with van der Waals surface area (Å²) in [4.78, 5) is 22.8. The molecule has 0 atom stereocenters. The molecule has 5 heteroatoms. The zero-order chi connectivity index (χ0) is 14.1. The van der Waals surface area contributed by atoms with E-state index in [1.165, 1.54) is 0 Å². The summed E-state index contributed by atoms with van der Waals surface area (Å²) in [6, 6.07) is 9.25. The van der Waals surface area contributed by atoms with E-state index in [9.17, 15) is 9.59 Å². The molecule has 0 saturated carbocycles. The van der Waals surface area contributed by atoms with E-state index in [0.29, 0.717) is 19.0 Å². The first kappa shape index (κ1) is 15.0. The first-order valence-corrected chi connectivity index (χ1v) is 6.40. The number of benzene rings is 1. The van der Waals surface area contributed by atoms with E-state index in [1.807, 2.05) is 44.2 Å². The second kappa shape index (κ2) is 8.13. The second-order valence-corrected chi connectivity index (χ2v) is 4.72. The van der Waals surface area contributed by atoms with E-state index in [2.05, 4.69) is 16.0 Å². The van der Waals surface area contributed by atoms with E-state index < -0.39 is 0 Å². The molecule has 0 aromatic heterocycles. The number of hydrogen-bond acceptors (Lipinski definition) is 2. The van der Waals surface area contributed by atoms with Gasteiger partial charge in [-0.05, 0) is 11.5 Å². The highest BCUT2D eigenvalue weighted by Crippen LogP contribution is 1.96. The maximum Gasteiger partial charge on any atom is 0.315 e. The zero-order valence-electron chi connectivity index (χ0n) is 11.4. The smallest absolute Gasteiger partial charge is 0.315 e. The van der Waals surface area contributed by atoms with Crippen LogP contribution >= 0.6 is 0 Å². The summed E-state index contributed by atoms with van der Waals surface area (Å²) in [7, 11) is 0. The average molecular weight is 263 g/mol. The summed E-state index contributed by atoms with van der Waals surface area (Å²) in [6.45, 7) is 5.08. The minimum absolute atomic E-state index is 0.00660. The van der Waals surface area contributed by atoms with Crippen molar-refractivity contribution < 1.29 is 9.59 Å². The average Bonchev–Trinajstić information content (AvgIpc) is 2.41. The zero-order valence-corrected chi connectivity index (χ0v) is 11.4. The Bertz CT molecular complexity index is 404. The Kier molecular flexibility index (Phi) is 6.43. The molecule has 1 aromatic rings. The molecule has 1 rings (SSSR count). The van der Waals surface area contributed by atoms with E-state index >= 15 is 0 Å². The van der Waals surface area contributed by atoms with Gasteiger partial charge in [0.2, 0.25) is 5.91 Å². The molecule has 3 amide bonds. The molecule has 0 unspecified atom stereocenters. The van der Waals surface area contributed by atoms with Crippen LogP contribution in [-0.4, -0.2) is 25.0 Å². The van der Waals surface area contributed by atoms with Crippen LogP contribution in [0.5, 0.6) is 0 Å². The first-order valence-electron chi connectivity index (χ1n) is 6.40. The third-order valence-corrected chi connectivity index (χ3v) is 2.41. The largest absolute Gasteiger partial charge is 0.354 e. The molecular weight excluding hydrogens is 242 g/mol. The Morgan fingerprint density at radius 1 is 1.05 bits per heavy atom. The van der Waals surface area contributed by atoms with Gasteiger partial charge < -0.3 is 16.0 Å². The summed E-state index contributed by atoms with van der Waals surface area (Å²) >= 11 is 0. The second-order valence-electron chi connectivity index (χ2n) is 4.72. The summed E-state index contributed by atoms with van der Waals surface area (Å²) in [5.41, 5.74) is 1.02. The van der Waals surface area contributed by atoms with Gasteiger partial charge in [0.05, 0.1) is 6.54 Å². The van der Waals surface area contributed by atoms with Crippen LogP contribution in [0.4, 0.5) is 4.79 Å². The summed E-state index contributed by atoms with van der Waals surface area (Å²) in [5.74, 6) is 0.222. The van der Waals surface area contributed by atoms with Crippen molar-refractivity contribution in [1.29, 1.82) is 0 Å². The SMILES string of the molecule is CC(C)CNC(=O)CNC(=O)NCc1ccccc1. The highest BCUT2D eigenvalue weighted by molar-refractivity contribution is 5.83. The van der Waals surface area contributed by atoms with Crippen molar-refractivity contribution >= 4 is 11.9 Å². The van der Waals surface area contributed by atoms with E-state index in [1.54, 1.807) is 0 Å². The van der Waals surface area contributed by atoms with Crippen LogP contribution in [0.15, 0.2) is 30.3 Å². The molecule has 0 bridgehead atoms. The van der Waals surface area contributed by atoms with Crippen LogP contribution in [0.3, 0.4) is 0 Å². The van der Waals surface area contributed by atoms with Gasteiger partial charge in [0.15, 0.2) is 0 Å². The van der Waals surface area contributed by atoms with E-state index in [-0.39, 0.29) is 18.5 Å². The number of carbonyl (C=O) groups is 2. The predicted octanol–water partition coefficient (Wildman–Crippen LogP) is 1.26. The fraction of sp³-hybridized carbons (Fsp3) is 0.429. The molecule has 1 aromatic carbocycles. The van der Waals surface area contributed by atoms with Gasteiger partial charge in [-0.3, -0.25) is 4.79 Å². The molecule has 0 spiro atoms. The number of urea groups is 1. The van der Waals surface area contributed by atoms with Gasteiger partial charge in [-0.15, -0.1) is 0 Å². The van der Waals surface area contributed by atoms with Gasteiger partial charge in [-0.1, -0.05) is 44.2 Å². The lowest BCUT2D eigenvalue weighted by atomic mass is 10.2. The molecule has 3 N–H and O–H groups in total. The van der Waals surface area contributed by atoms with Crippen molar-refractivity contribution in [2.75, 3.05) is 13.1 Å². The molecule has 0 saturated heterocycles. The lowest BCUT2D eigenvalue weighted by molar-refractivity contribution is -0.120. The maximum absolute atomic E-state index is 11.5. The lowest BCUT2D eigenvalue weighted by Gasteiger charge is -2.09. The Morgan fingerprint density at radius 3 is 2.37 bits per heavy atom. The molecule has 0 aliphatic rings. The number of hydrogen-bond donors (Lipinski definition) is 3. The van der Waals surface area contributed by atoms with Crippen molar-refractivity contribution in [2.45, 2.75) is 20.4 Å². The van der Waals surface area contributed by atoms with Gasteiger partial charge in [-0.25, -0.2) is 4.79 Å². The molecule has 0 aliphatic carbocycles. The molecule has 0 aliphatic heterocycles. The van der Waals surface area contributed by atoms with Crippen LogP contribution < -0.4 is 16.0 Å². The fourth-order valence-electron chi connectivity index (χ4n) is 1.38. The molecule has 0 heterocycles. The third-order valence-electron chi connectivity index (χ3n) is 2.41. The van der Waals surface area contributed by atoms with Crippen molar-refractivity contribution in [3.8, 4) is 0 Å². The van der Waals surface area contributed by atoms with Crippen molar-refractivity contribution in [1.82, 2.24) is 16.0 Å². The Hall–Kier alpha value is -2.04. The molecule has 0 fully saturated rings. The molecule has 19 heavy (non-hydrogen) atoms. The van der Waals surface area contributed by atoms with Crippen LogP contribution in [-0.2, 0) is 11.3 Å². The van der Waals surface area contributed by atoms with E-state index in [4.69, 9.17) is 0 Å². The fourth-order valence-corrected chi connectivity index (χ4v) is 1.38. The minimum atomic E-state index is -0.344. The highest BCUT2D eigenvalue weighted by Gasteiger charge is 2.05. The molecule has 5 nitrogen and oxygen atoms in total. The predicted molar refractivity (Wildman–Crippen MR) is 74.5 cm³/mol. The quantitative estimate of drug-likeness (QED) is 0.723. The van der Waals surface area contributed by atoms with Crippen molar-refractivity contribution in [3.05, 3.63) is 35.9 Å². The summed E-state index contributed by atoms with van der Waals surface area (Å²) in [5, 5.41) is 7.93. The molecular formula is C14H21N3O2. The van der Waals surface area contributed by atoms with Crippen LogP contribution in [0.25, 0.3) is 0 Å². The van der Waals surface area contributed by atoms with E-state index in [0.717, 1.165) is 5.56 Å². The minimum Gasteiger partial charge on any atom is -0.354 e. The van der Waals surface area contributed by atoms with Crippen LogP contribution in [0.1, 0.15) is 19.4 Å². The Morgan fingerprint density at radius 2 is 1.74 bits per heavy atom. The molecule has 0 radical (unpaired) electrons. The monoisotopic (exact) mass is 263 g/mol. The first-order chi connectivity index (χ1) is 9.08. The van der Waals surface area contributed by atoms with Gasteiger partial charge >= 0.3 is 6.03 Å². The van der Waals surface area contributed by atoms with Gasteiger partial charge in [0.1, 0.15) is 0 Å². The summed E-state index contributed by atoms with van der Waals surface area (Å²) in [6.07, 6.45) is 0. The van der Waals surface area contributed by atoms with Gasteiger partial charge in [0.25, 0.3) is 0 Å². The standard InChI is InChI=1S/C14H21N3O2/c1-11(2)8-15-13(18)10-17-14(19)16-9-12-6-4-3-5-7-12/h3-7,11H,8-10H2,1-2H3,(H,15,18)(H2,16,17,19). The van der Waals surface area contributed by atoms with Crippen molar-refractivity contribution in [3.63, 3.8) is 0 Å². The van der Waals surface area contributed by atoms with Gasteiger partial charge in [0, 0.05) is 13.1 Å².